The van der Waals surface area contributed by atoms with Crippen molar-refractivity contribution in [2.24, 2.45) is 0 Å². The third-order valence-electron chi connectivity index (χ3n) is 3.38. The molecule has 0 aromatic heterocycles. The number of methoxy groups -OCH3 is 1. The van der Waals surface area contributed by atoms with Crippen LogP contribution in [-0.4, -0.2) is 24.7 Å². The molecular formula is C19H20ClNO4. The van der Waals surface area contributed by atoms with Crippen molar-refractivity contribution in [2.75, 3.05) is 19.0 Å². The lowest BCUT2D eigenvalue weighted by molar-refractivity contribution is -0.111. The van der Waals surface area contributed by atoms with E-state index in [1.54, 1.807) is 36.4 Å². The lowest BCUT2D eigenvalue weighted by atomic mass is 10.1. The summed E-state index contributed by atoms with van der Waals surface area (Å²) >= 11 is 6.20. The number of benzene rings is 2. The van der Waals surface area contributed by atoms with Gasteiger partial charge < -0.3 is 19.9 Å². The Morgan fingerprint density at radius 3 is 2.72 bits per heavy atom. The Labute approximate surface area is 151 Å². The molecule has 0 heterocycles. The van der Waals surface area contributed by atoms with E-state index < -0.39 is 0 Å². The van der Waals surface area contributed by atoms with E-state index in [1.165, 1.54) is 13.2 Å². The van der Waals surface area contributed by atoms with Gasteiger partial charge in [0.25, 0.3) is 0 Å². The van der Waals surface area contributed by atoms with Gasteiger partial charge in [0.15, 0.2) is 11.5 Å². The van der Waals surface area contributed by atoms with Gasteiger partial charge in [0, 0.05) is 6.08 Å². The normalized spacial score (nSPS) is 10.7. The number of halogens is 1. The van der Waals surface area contributed by atoms with E-state index in [0.29, 0.717) is 34.4 Å². The van der Waals surface area contributed by atoms with Crippen LogP contribution in [0.25, 0.3) is 6.08 Å². The highest BCUT2D eigenvalue weighted by molar-refractivity contribution is 6.32. The zero-order valence-corrected chi connectivity index (χ0v) is 15.1. The second kappa shape index (κ2) is 8.44. The highest BCUT2D eigenvalue weighted by atomic mass is 35.5. The lowest BCUT2D eigenvalue weighted by Gasteiger charge is -2.12. The molecule has 0 spiro atoms. The molecule has 0 saturated carbocycles. The van der Waals surface area contributed by atoms with Crippen LogP contribution in [0.1, 0.15) is 18.1 Å². The predicted octanol–water partition coefficient (Wildman–Crippen LogP) is 4.41. The number of nitrogens with one attached hydrogen (secondary N) is 1. The molecule has 2 aromatic rings. The summed E-state index contributed by atoms with van der Waals surface area (Å²) in [5.41, 5.74) is 1.94. The average Bonchev–Trinajstić information content (AvgIpc) is 2.57. The van der Waals surface area contributed by atoms with Crippen LogP contribution in [0.3, 0.4) is 0 Å². The van der Waals surface area contributed by atoms with Gasteiger partial charge in [-0.15, -0.1) is 0 Å². The molecule has 2 N–H and O–H groups in total. The number of carbonyl (C=O) groups is 1. The quantitative estimate of drug-likeness (QED) is 0.590. The highest BCUT2D eigenvalue weighted by Gasteiger charge is 2.11. The van der Waals surface area contributed by atoms with Crippen molar-refractivity contribution in [3.8, 4) is 17.2 Å². The summed E-state index contributed by atoms with van der Waals surface area (Å²) in [5.74, 6) is 0.610. The molecular weight excluding hydrogens is 342 g/mol. The fourth-order valence-electron chi connectivity index (χ4n) is 2.21. The minimum absolute atomic E-state index is 0.0209. The Kier molecular flexibility index (Phi) is 6.31. The molecule has 0 aliphatic carbocycles. The number of hydrogen-bond donors (Lipinski definition) is 2. The number of rotatable bonds is 6. The van der Waals surface area contributed by atoms with Crippen LogP contribution in [0.15, 0.2) is 36.4 Å². The molecule has 0 aliphatic heterocycles. The number of amides is 1. The van der Waals surface area contributed by atoms with Gasteiger partial charge in [-0.25, -0.2) is 0 Å². The van der Waals surface area contributed by atoms with Crippen molar-refractivity contribution in [1.82, 2.24) is 0 Å². The molecule has 6 heteroatoms. The summed E-state index contributed by atoms with van der Waals surface area (Å²) in [6.07, 6.45) is 2.95. The molecule has 25 heavy (non-hydrogen) atoms. The number of aromatic hydroxyl groups is 1. The second-order valence-electron chi connectivity index (χ2n) is 5.31. The number of phenolic OH excluding ortho intramolecular Hbond substituents is 1. The van der Waals surface area contributed by atoms with E-state index in [-0.39, 0.29) is 11.7 Å². The Morgan fingerprint density at radius 2 is 2.08 bits per heavy atom. The van der Waals surface area contributed by atoms with Gasteiger partial charge in [0.05, 0.1) is 24.4 Å². The standard InChI is InChI=1S/C19H20ClNO4/c1-4-25-19-14(20)10-13(11-17(19)24-3)6-8-18(23)21-15-7-5-12(2)9-16(15)22/h5-11,22H,4H2,1-3H3,(H,21,23)/b8-6+. The van der Waals surface area contributed by atoms with E-state index in [2.05, 4.69) is 5.32 Å². The first-order chi connectivity index (χ1) is 11.9. The first kappa shape index (κ1) is 18.7. The Morgan fingerprint density at radius 1 is 1.32 bits per heavy atom. The third kappa shape index (κ3) is 4.90. The minimum atomic E-state index is -0.372. The average molecular weight is 362 g/mol. The monoisotopic (exact) mass is 361 g/mol. The van der Waals surface area contributed by atoms with Crippen molar-refractivity contribution < 1.29 is 19.4 Å². The van der Waals surface area contributed by atoms with E-state index in [1.807, 2.05) is 13.8 Å². The van der Waals surface area contributed by atoms with E-state index in [9.17, 15) is 9.90 Å². The van der Waals surface area contributed by atoms with Gasteiger partial charge >= 0.3 is 0 Å². The molecule has 132 valence electrons. The van der Waals surface area contributed by atoms with Crippen LogP contribution in [0.5, 0.6) is 17.2 Å². The molecule has 0 fully saturated rings. The SMILES string of the molecule is CCOc1c(Cl)cc(/C=C/C(=O)Nc2ccc(C)cc2O)cc1OC. The van der Waals surface area contributed by atoms with Crippen LogP contribution >= 0.6 is 11.6 Å². The van der Waals surface area contributed by atoms with Crippen molar-refractivity contribution in [3.05, 3.63) is 52.6 Å². The molecule has 2 rings (SSSR count). The summed E-state index contributed by atoms with van der Waals surface area (Å²) in [7, 11) is 1.52. The fraction of sp³-hybridized carbons (Fsp3) is 0.211. The first-order valence-corrected chi connectivity index (χ1v) is 8.11. The molecule has 0 radical (unpaired) electrons. The summed E-state index contributed by atoms with van der Waals surface area (Å²) in [5, 5.41) is 12.8. The molecule has 0 saturated heterocycles. The van der Waals surface area contributed by atoms with Crippen molar-refractivity contribution in [1.29, 1.82) is 0 Å². The van der Waals surface area contributed by atoms with Gasteiger partial charge in [-0.05, 0) is 55.3 Å². The minimum Gasteiger partial charge on any atom is -0.506 e. The largest absolute Gasteiger partial charge is 0.506 e. The van der Waals surface area contributed by atoms with Crippen LogP contribution in [0.2, 0.25) is 5.02 Å². The first-order valence-electron chi connectivity index (χ1n) is 7.73. The lowest BCUT2D eigenvalue weighted by Crippen LogP contribution is -2.07. The molecule has 2 aromatic carbocycles. The summed E-state index contributed by atoms with van der Waals surface area (Å²) in [4.78, 5) is 12.0. The number of aryl methyl sites for hydroxylation is 1. The Bertz CT molecular complexity index is 802. The van der Waals surface area contributed by atoms with Gasteiger partial charge in [0.1, 0.15) is 5.75 Å². The third-order valence-corrected chi connectivity index (χ3v) is 3.66. The number of hydrogen-bond acceptors (Lipinski definition) is 4. The second-order valence-corrected chi connectivity index (χ2v) is 5.72. The maximum absolute atomic E-state index is 12.0. The number of carbonyl (C=O) groups excluding carboxylic acids is 1. The van der Waals surface area contributed by atoms with Crippen LogP contribution in [0.4, 0.5) is 5.69 Å². The van der Waals surface area contributed by atoms with Gasteiger partial charge in [-0.2, -0.15) is 0 Å². The Hall–Kier alpha value is -2.66. The van der Waals surface area contributed by atoms with Crippen LogP contribution < -0.4 is 14.8 Å². The van der Waals surface area contributed by atoms with Gasteiger partial charge in [-0.1, -0.05) is 17.7 Å². The number of ether oxygens (including phenoxy) is 2. The summed E-state index contributed by atoms with van der Waals surface area (Å²) < 4.78 is 10.7. The maximum Gasteiger partial charge on any atom is 0.248 e. The summed E-state index contributed by atoms with van der Waals surface area (Å²) in [6.45, 7) is 4.18. The van der Waals surface area contributed by atoms with Gasteiger partial charge in [-0.3, -0.25) is 4.79 Å². The zero-order valence-electron chi connectivity index (χ0n) is 14.3. The molecule has 0 bridgehead atoms. The maximum atomic E-state index is 12.0. The predicted molar refractivity (Wildman–Crippen MR) is 99.7 cm³/mol. The van der Waals surface area contributed by atoms with Crippen molar-refractivity contribution in [2.45, 2.75) is 13.8 Å². The molecule has 0 unspecified atom stereocenters. The topological polar surface area (TPSA) is 67.8 Å². The van der Waals surface area contributed by atoms with Gasteiger partial charge in [0.2, 0.25) is 5.91 Å². The van der Waals surface area contributed by atoms with E-state index >= 15 is 0 Å². The fourth-order valence-corrected chi connectivity index (χ4v) is 2.49. The van der Waals surface area contributed by atoms with Crippen LogP contribution in [0, 0.1) is 6.92 Å². The van der Waals surface area contributed by atoms with E-state index in [4.69, 9.17) is 21.1 Å². The van der Waals surface area contributed by atoms with Crippen molar-refractivity contribution in [3.63, 3.8) is 0 Å². The van der Waals surface area contributed by atoms with Crippen LogP contribution in [-0.2, 0) is 4.79 Å². The molecule has 1 amide bonds. The van der Waals surface area contributed by atoms with Crippen molar-refractivity contribution >= 4 is 29.3 Å². The van der Waals surface area contributed by atoms with E-state index in [0.717, 1.165) is 5.56 Å². The number of anilines is 1. The zero-order chi connectivity index (χ0) is 18.4. The Balaban J connectivity index is 2.15. The molecule has 0 atom stereocenters. The number of phenols is 1. The smallest absolute Gasteiger partial charge is 0.248 e. The molecule has 0 aliphatic rings. The summed E-state index contributed by atoms with van der Waals surface area (Å²) in [6, 6.07) is 8.44. The highest BCUT2D eigenvalue weighted by Crippen LogP contribution is 2.36. The molecule has 5 nitrogen and oxygen atoms in total.